The molecule has 0 saturated carbocycles. The van der Waals surface area contributed by atoms with Crippen molar-refractivity contribution in [3.05, 3.63) is 48.2 Å². The summed E-state index contributed by atoms with van der Waals surface area (Å²) in [6.45, 7) is 17.6. The monoisotopic (exact) mass is 976 g/mol. The fraction of sp³-hybridized carbons (Fsp3) is 0.740. The van der Waals surface area contributed by atoms with E-state index in [1.54, 1.807) is 44.1 Å². The van der Waals surface area contributed by atoms with Gasteiger partial charge in [-0.1, -0.05) is 91.3 Å². The van der Waals surface area contributed by atoms with Crippen LogP contribution in [0, 0.1) is 23.7 Å². The number of thioether (sulfide) groups is 1. The summed E-state index contributed by atoms with van der Waals surface area (Å²) in [5, 5.41) is 7.24. The minimum atomic E-state index is -0.826. The third-order valence-electron chi connectivity index (χ3n) is 13.1. The molecular weight excluding hydrogens is 891 g/mol. The largest absolute Gasteiger partial charge is 0.379 e. The maximum absolute atomic E-state index is 14.6. The quantitative estimate of drug-likeness (QED) is 0.0666. The number of rotatable bonds is 33. The molecule has 386 valence electrons. The molecule has 1 aromatic carbocycles. The van der Waals surface area contributed by atoms with E-state index in [0.717, 1.165) is 29.2 Å². The smallest absolute Gasteiger partial charge is 0.245 e. The number of carbonyl (C=O) groups excluding carboxylic acids is 4. The Morgan fingerprint density at radius 1 is 0.868 bits per heavy atom. The molecule has 2 heterocycles. The molecule has 0 aliphatic carbocycles. The SMILES string of the molecule is CC[C@H](C)[C@@H]([C@@H](CC(=O)N1CCC[C@H]1[C@H](OC)[C@@H](C)C(=O)N[C@@H](Cc1ccccc1)C1=NC=CCS1)OC)N(C)C(=O)[C@@H](NC(=O)[C@H](C(C)C)N(C)CCOCCOCCOCCON)C(C)C. The van der Waals surface area contributed by atoms with Crippen molar-refractivity contribution in [3.8, 4) is 0 Å². The van der Waals surface area contributed by atoms with Gasteiger partial charge in [0.2, 0.25) is 23.6 Å². The lowest BCUT2D eigenvalue weighted by atomic mass is 9.89. The lowest BCUT2D eigenvalue weighted by Gasteiger charge is -2.41. The number of nitrogens with two attached hydrogens (primary N) is 1. The van der Waals surface area contributed by atoms with Crippen molar-refractivity contribution in [2.24, 2.45) is 34.6 Å². The van der Waals surface area contributed by atoms with Crippen molar-refractivity contribution >= 4 is 40.4 Å². The van der Waals surface area contributed by atoms with Gasteiger partial charge in [0.05, 0.1) is 100 Å². The number of likely N-dealkylation sites (tertiary alicyclic amines) is 1. The first-order valence-corrected chi connectivity index (χ1v) is 25.5. The van der Waals surface area contributed by atoms with Gasteiger partial charge in [-0.25, -0.2) is 5.90 Å². The zero-order chi connectivity index (χ0) is 50.2. The van der Waals surface area contributed by atoms with Gasteiger partial charge in [-0.05, 0) is 49.6 Å². The summed E-state index contributed by atoms with van der Waals surface area (Å²) in [6, 6.07) is 7.56. The highest BCUT2D eigenvalue weighted by atomic mass is 32.2. The van der Waals surface area contributed by atoms with E-state index in [4.69, 9.17) is 29.6 Å². The van der Waals surface area contributed by atoms with Crippen molar-refractivity contribution in [2.75, 3.05) is 93.4 Å². The highest BCUT2D eigenvalue weighted by Crippen LogP contribution is 2.30. The Hall–Kier alpha value is -3.46. The molecule has 1 fully saturated rings. The number of nitrogens with zero attached hydrogens (tertiary/aromatic N) is 4. The van der Waals surface area contributed by atoms with Crippen LogP contribution >= 0.6 is 11.8 Å². The number of methoxy groups -OCH3 is 2. The van der Waals surface area contributed by atoms with Gasteiger partial charge in [0.1, 0.15) is 6.04 Å². The van der Waals surface area contributed by atoms with E-state index >= 15 is 0 Å². The standard InChI is InChI=1S/C50H85N7O10S/c1-12-36(6)45(56(9)50(61)43(34(2)3)54-48(60)44(35(4)5)55(8)23-24-64-25-26-65-27-28-66-29-30-67-51)41(62-10)33-42(58)57-22-16-20-40(57)46(63-11)37(7)47(59)53-39(49-52-21-17-31-68-49)32-38-18-14-13-15-19-38/h13-15,17-19,21,34-37,39-41,43-46H,12,16,20,22-33,51H2,1-11H3,(H,53,59)(H,54,60)/t36-,37+,39-,40-,41+,43-,44-,45-,46+/m0/s1. The molecule has 18 heteroatoms. The molecule has 0 radical (unpaired) electrons. The summed E-state index contributed by atoms with van der Waals surface area (Å²) < 4.78 is 28.9. The van der Waals surface area contributed by atoms with Gasteiger partial charge in [0, 0.05) is 46.3 Å². The lowest BCUT2D eigenvalue weighted by molar-refractivity contribution is -0.148. The normalized spacial score (nSPS) is 18.7. The molecule has 0 spiro atoms. The van der Waals surface area contributed by atoms with Crippen LogP contribution < -0.4 is 16.5 Å². The van der Waals surface area contributed by atoms with Gasteiger partial charge in [-0.15, -0.1) is 11.8 Å². The number of amides is 4. The molecule has 4 N–H and O–H groups in total. The Labute approximate surface area is 411 Å². The number of likely N-dealkylation sites (N-methyl/N-ethyl adjacent to an activating group) is 2. The molecule has 2 aliphatic heterocycles. The first-order chi connectivity index (χ1) is 32.6. The first kappa shape index (κ1) is 58.9. The van der Waals surface area contributed by atoms with E-state index < -0.39 is 36.3 Å². The van der Waals surface area contributed by atoms with Crippen LogP contribution in [0.1, 0.15) is 79.7 Å². The predicted octanol–water partition coefficient (Wildman–Crippen LogP) is 4.33. The average Bonchev–Trinajstić information content (AvgIpc) is 3.82. The molecule has 0 aromatic heterocycles. The van der Waals surface area contributed by atoms with E-state index in [-0.39, 0.29) is 59.9 Å². The summed E-state index contributed by atoms with van der Waals surface area (Å²) in [6.07, 6.45) is 5.35. The molecule has 1 saturated heterocycles. The van der Waals surface area contributed by atoms with Crippen molar-refractivity contribution in [3.63, 3.8) is 0 Å². The van der Waals surface area contributed by atoms with Crippen LogP contribution in [-0.4, -0.2) is 179 Å². The fourth-order valence-corrected chi connectivity index (χ4v) is 10.0. The minimum absolute atomic E-state index is 0.0208. The number of aliphatic imine (C=N–C) groups is 1. The molecule has 2 aliphatic rings. The molecule has 4 amide bonds. The summed E-state index contributed by atoms with van der Waals surface area (Å²) in [5.74, 6) is 4.07. The second-order valence-electron chi connectivity index (χ2n) is 18.6. The number of hydrogen-bond acceptors (Lipinski definition) is 14. The van der Waals surface area contributed by atoms with Crippen molar-refractivity contribution in [1.29, 1.82) is 0 Å². The maximum atomic E-state index is 14.6. The molecule has 3 rings (SSSR count). The molecule has 68 heavy (non-hydrogen) atoms. The first-order valence-electron chi connectivity index (χ1n) is 24.5. The summed E-state index contributed by atoms with van der Waals surface area (Å²) >= 11 is 1.61. The van der Waals surface area contributed by atoms with Crippen molar-refractivity contribution in [1.82, 2.24) is 25.3 Å². The molecule has 1 aromatic rings. The Balaban J connectivity index is 1.68. The third-order valence-corrected chi connectivity index (χ3v) is 14.1. The molecule has 9 atom stereocenters. The maximum Gasteiger partial charge on any atom is 0.245 e. The van der Waals surface area contributed by atoms with Gasteiger partial charge in [-0.3, -0.25) is 29.1 Å². The van der Waals surface area contributed by atoms with Crippen LogP contribution in [0.4, 0.5) is 0 Å². The number of benzene rings is 1. The van der Waals surface area contributed by atoms with Crippen molar-refractivity contribution < 1.29 is 47.7 Å². The third kappa shape index (κ3) is 18.4. The number of hydrogen-bond donors (Lipinski definition) is 3. The Morgan fingerprint density at radius 2 is 1.51 bits per heavy atom. The number of nitrogens with one attached hydrogen (secondary N) is 2. The van der Waals surface area contributed by atoms with Crippen LogP contribution in [0.3, 0.4) is 0 Å². The van der Waals surface area contributed by atoms with Crippen LogP contribution in [0.5, 0.6) is 0 Å². The van der Waals surface area contributed by atoms with Gasteiger partial charge in [0.15, 0.2) is 0 Å². The summed E-state index contributed by atoms with van der Waals surface area (Å²) in [7, 11) is 6.80. The fourth-order valence-electron chi connectivity index (χ4n) is 9.17. The lowest BCUT2D eigenvalue weighted by Crippen LogP contribution is -2.60. The number of ether oxygens (including phenoxy) is 5. The topological polar surface area (TPSA) is 196 Å². The van der Waals surface area contributed by atoms with Crippen LogP contribution in [-0.2, 0) is 54.1 Å². The van der Waals surface area contributed by atoms with E-state index in [9.17, 15) is 19.2 Å². The second kappa shape index (κ2) is 31.7. The average molecular weight is 976 g/mol. The molecule has 0 unspecified atom stereocenters. The van der Waals surface area contributed by atoms with Crippen molar-refractivity contribution in [2.45, 2.75) is 123 Å². The van der Waals surface area contributed by atoms with E-state index in [2.05, 4.69) is 34.3 Å². The van der Waals surface area contributed by atoms with Crippen LogP contribution in [0.15, 0.2) is 47.6 Å². The van der Waals surface area contributed by atoms with Gasteiger partial charge >= 0.3 is 0 Å². The van der Waals surface area contributed by atoms with Gasteiger partial charge in [0.25, 0.3) is 0 Å². The summed E-state index contributed by atoms with van der Waals surface area (Å²) in [5.41, 5.74) is 1.09. The highest BCUT2D eigenvalue weighted by Gasteiger charge is 2.43. The Morgan fingerprint density at radius 3 is 2.07 bits per heavy atom. The van der Waals surface area contributed by atoms with Gasteiger partial charge in [-0.2, -0.15) is 0 Å². The second-order valence-corrected chi connectivity index (χ2v) is 19.7. The predicted molar refractivity (Wildman–Crippen MR) is 268 cm³/mol. The van der Waals surface area contributed by atoms with Gasteiger partial charge < -0.3 is 49.0 Å². The van der Waals surface area contributed by atoms with Crippen LogP contribution in [0.25, 0.3) is 0 Å². The minimum Gasteiger partial charge on any atom is -0.379 e. The molecular formula is C50H85N7O10S. The summed E-state index contributed by atoms with van der Waals surface area (Å²) in [4.78, 5) is 71.8. The number of carbonyl (C=O) groups is 4. The van der Waals surface area contributed by atoms with Crippen LogP contribution in [0.2, 0.25) is 0 Å². The zero-order valence-electron chi connectivity index (χ0n) is 42.9. The Kier molecular flexibility index (Phi) is 27.4. The Bertz CT molecular complexity index is 1710. The van der Waals surface area contributed by atoms with E-state index in [1.165, 1.54) is 0 Å². The highest BCUT2D eigenvalue weighted by molar-refractivity contribution is 8.14. The molecule has 0 bridgehead atoms. The van der Waals surface area contributed by atoms with E-state index in [0.29, 0.717) is 72.2 Å². The zero-order valence-corrected chi connectivity index (χ0v) is 43.7. The molecule has 17 nitrogen and oxygen atoms in total. The van der Waals surface area contributed by atoms with E-state index in [1.807, 2.05) is 87.9 Å².